The highest BCUT2D eigenvalue weighted by molar-refractivity contribution is 6.33. The van der Waals surface area contributed by atoms with E-state index in [1.165, 1.54) is 0 Å². The molecule has 15 heavy (non-hydrogen) atoms. The maximum atomic E-state index is 8.82. The van der Waals surface area contributed by atoms with Gasteiger partial charge in [-0.15, -0.1) is 0 Å². The first kappa shape index (κ1) is 11.6. The quantitative estimate of drug-likeness (QED) is 0.840. The monoisotopic (exact) mass is 220 g/mol. The first-order valence-corrected chi connectivity index (χ1v) is 5.21. The molecule has 1 N–H and O–H groups in total. The van der Waals surface area contributed by atoms with E-state index in [2.05, 4.69) is 18.8 Å². The third kappa shape index (κ3) is 2.51. The maximum Gasteiger partial charge on any atom is 0.101 e. The molecule has 0 atom stereocenters. The van der Waals surface area contributed by atoms with Gasteiger partial charge < -0.3 is 5.32 Å². The number of halogens is 1. The normalized spacial score (nSPS) is 9.40. The van der Waals surface area contributed by atoms with Gasteiger partial charge in [0, 0.05) is 17.8 Å². The average molecular weight is 221 g/mol. The summed E-state index contributed by atoms with van der Waals surface area (Å²) in [7, 11) is 0. The van der Waals surface area contributed by atoms with Gasteiger partial charge in [-0.25, -0.2) is 0 Å². The molecule has 0 fully saturated rings. The van der Waals surface area contributed by atoms with E-state index in [4.69, 9.17) is 16.9 Å². The summed E-state index contributed by atoms with van der Waals surface area (Å²) >= 11 is 6.06. The van der Waals surface area contributed by atoms with E-state index >= 15 is 0 Å². The summed E-state index contributed by atoms with van der Waals surface area (Å²) < 4.78 is 0. The molecule has 0 bridgehead atoms. The summed E-state index contributed by atoms with van der Waals surface area (Å²) in [5.74, 6) is 0. The van der Waals surface area contributed by atoms with Crippen molar-refractivity contribution in [1.82, 2.24) is 0 Å². The van der Waals surface area contributed by atoms with Gasteiger partial charge in [0.25, 0.3) is 0 Å². The topological polar surface area (TPSA) is 35.8 Å². The molecule has 1 aromatic rings. The van der Waals surface area contributed by atoms with Crippen LogP contribution in [0.25, 0.3) is 6.08 Å². The molecule has 78 valence electrons. The molecule has 1 rings (SSSR count). The molecule has 3 heteroatoms. The minimum Gasteiger partial charge on any atom is -0.385 e. The van der Waals surface area contributed by atoms with Crippen LogP contribution < -0.4 is 5.32 Å². The number of hydrogen-bond donors (Lipinski definition) is 1. The molecular weight excluding hydrogens is 208 g/mol. The fraction of sp³-hybridized carbons (Fsp3) is 0.250. The van der Waals surface area contributed by atoms with Crippen molar-refractivity contribution >= 4 is 23.4 Å². The minimum absolute atomic E-state index is 0.466. The van der Waals surface area contributed by atoms with Crippen LogP contribution in [0.2, 0.25) is 5.02 Å². The number of nitriles is 1. The van der Waals surface area contributed by atoms with Crippen LogP contribution in [0.3, 0.4) is 0 Å². The number of anilines is 1. The van der Waals surface area contributed by atoms with Crippen molar-refractivity contribution in [3.8, 4) is 6.07 Å². The van der Waals surface area contributed by atoms with Crippen molar-refractivity contribution in [3.63, 3.8) is 0 Å². The molecule has 0 heterocycles. The summed E-state index contributed by atoms with van der Waals surface area (Å²) in [4.78, 5) is 0. The molecule has 0 radical (unpaired) electrons. The second-order valence-electron chi connectivity index (χ2n) is 3.13. The lowest BCUT2D eigenvalue weighted by atomic mass is 10.1. The predicted molar refractivity (Wildman–Crippen MR) is 65.0 cm³/mol. The zero-order chi connectivity index (χ0) is 11.3. The highest BCUT2D eigenvalue weighted by atomic mass is 35.5. The van der Waals surface area contributed by atoms with Crippen molar-refractivity contribution in [2.75, 3.05) is 11.9 Å². The number of rotatable bonds is 4. The standard InChI is InChI=1S/C12H13ClN2/c1-3-7-15-11-6-5-9(8-14)12(13)10(11)4-2/h4-6,15H,2-3,7H2,1H3. The minimum atomic E-state index is 0.466. The zero-order valence-electron chi connectivity index (χ0n) is 8.68. The number of hydrogen-bond acceptors (Lipinski definition) is 2. The Morgan fingerprint density at radius 3 is 2.87 bits per heavy atom. The Morgan fingerprint density at radius 2 is 2.33 bits per heavy atom. The maximum absolute atomic E-state index is 8.82. The van der Waals surface area contributed by atoms with E-state index in [0.29, 0.717) is 10.6 Å². The molecule has 0 spiro atoms. The fourth-order valence-corrected chi connectivity index (χ4v) is 1.58. The summed E-state index contributed by atoms with van der Waals surface area (Å²) in [5, 5.41) is 12.5. The molecule has 0 saturated carbocycles. The van der Waals surface area contributed by atoms with E-state index in [1.807, 2.05) is 12.1 Å². The molecule has 0 aliphatic carbocycles. The Hall–Kier alpha value is -1.46. The van der Waals surface area contributed by atoms with Crippen molar-refractivity contribution in [2.24, 2.45) is 0 Å². The molecule has 1 aromatic carbocycles. The highest BCUT2D eigenvalue weighted by Gasteiger charge is 2.08. The molecule has 0 aliphatic heterocycles. The van der Waals surface area contributed by atoms with Crippen LogP contribution in [0.1, 0.15) is 24.5 Å². The summed E-state index contributed by atoms with van der Waals surface area (Å²) in [6.45, 7) is 6.67. The highest BCUT2D eigenvalue weighted by Crippen LogP contribution is 2.28. The van der Waals surface area contributed by atoms with Crippen LogP contribution in [-0.4, -0.2) is 6.54 Å². The van der Waals surface area contributed by atoms with Crippen LogP contribution >= 0.6 is 11.6 Å². The van der Waals surface area contributed by atoms with Gasteiger partial charge in [-0.05, 0) is 18.6 Å². The smallest absolute Gasteiger partial charge is 0.101 e. The Bertz CT molecular complexity index is 405. The van der Waals surface area contributed by atoms with Crippen LogP contribution in [0.5, 0.6) is 0 Å². The van der Waals surface area contributed by atoms with Crippen molar-refractivity contribution < 1.29 is 0 Å². The van der Waals surface area contributed by atoms with Gasteiger partial charge in [0.1, 0.15) is 6.07 Å². The van der Waals surface area contributed by atoms with Crippen molar-refractivity contribution in [2.45, 2.75) is 13.3 Å². The Kier molecular flexibility index (Phi) is 4.20. The van der Waals surface area contributed by atoms with E-state index in [1.54, 1.807) is 12.1 Å². The lowest BCUT2D eigenvalue weighted by Gasteiger charge is -2.10. The Balaban J connectivity index is 3.14. The van der Waals surface area contributed by atoms with Gasteiger partial charge in [0.2, 0.25) is 0 Å². The summed E-state index contributed by atoms with van der Waals surface area (Å²) in [6.07, 6.45) is 2.70. The largest absolute Gasteiger partial charge is 0.385 e. The number of nitrogens with one attached hydrogen (secondary N) is 1. The lowest BCUT2D eigenvalue weighted by Crippen LogP contribution is -2.02. The third-order valence-electron chi connectivity index (χ3n) is 2.07. The van der Waals surface area contributed by atoms with Crippen LogP contribution in [0.15, 0.2) is 18.7 Å². The van der Waals surface area contributed by atoms with E-state index < -0.39 is 0 Å². The van der Waals surface area contributed by atoms with Crippen molar-refractivity contribution in [1.29, 1.82) is 5.26 Å². The summed E-state index contributed by atoms with van der Waals surface area (Å²) in [6, 6.07) is 5.62. The van der Waals surface area contributed by atoms with Crippen LogP contribution in [0, 0.1) is 11.3 Å². The molecule has 2 nitrogen and oxygen atoms in total. The van der Waals surface area contributed by atoms with Gasteiger partial charge >= 0.3 is 0 Å². The second kappa shape index (κ2) is 5.43. The zero-order valence-corrected chi connectivity index (χ0v) is 9.43. The SMILES string of the molecule is C=Cc1c(NCCC)ccc(C#N)c1Cl. The lowest BCUT2D eigenvalue weighted by molar-refractivity contribution is 0.979. The molecule has 0 amide bonds. The van der Waals surface area contributed by atoms with Gasteiger partial charge in [0.05, 0.1) is 10.6 Å². The second-order valence-corrected chi connectivity index (χ2v) is 3.51. The van der Waals surface area contributed by atoms with Crippen LogP contribution in [-0.2, 0) is 0 Å². The average Bonchev–Trinajstić information content (AvgIpc) is 2.26. The first-order chi connectivity index (χ1) is 7.24. The molecule has 0 aromatic heterocycles. The number of nitrogens with zero attached hydrogens (tertiary/aromatic N) is 1. The Morgan fingerprint density at radius 1 is 1.60 bits per heavy atom. The van der Waals surface area contributed by atoms with Gasteiger partial charge in [-0.3, -0.25) is 0 Å². The van der Waals surface area contributed by atoms with E-state index in [-0.39, 0.29) is 0 Å². The van der Waals surface area contributed by atoms with Gasteiger partial charge in [-0.1, -0.05) is 31.2 Å². The van der Waals surface area contributed by atoms with E-state index in [9.17, 15) is 0 Å². The fourth-order valence-electron chi connectivity index (χ4n) is 1.29. The molecule has 0 saturated heterocycles. The third-order valence-corrected chi connectivity index (χ3v) is 2.48. The molecule has 0 aliphatic rings. The molecule has 0 unspecified atom stereocenters. The van der Waals surface area contributed by atoms with Crippen LogP contribution in [0.4, 0.5) is 5.69 Å². The van der Waals surface area contributed by atoms with E-state index in [0.717, 1.165) is 24.2 Å². The summed E-state index contributed by atoms with van der Waals surface area (Å²) in [5.41, 5.74) is 2.20. The number of benzene rings is 1. The van der Waals surface area contributed by atoms with Gasteiger partial charge in [-0.2, -0.15) is 5.26 Å². The predicted octanol–water partition coefficient (Wildman–Crippen LogP) is 3.68. The Labute approximate surface area is 95.2 Å². The van der Waals surface area contributed by atoms with Gasteiger partial charge in [0.15, 0.2) is 0 Å². The van der Waals surface area contributed by atoms with Crippen molar-refractivity contribution in [3.05, 3.63) is 34.9 Å². The first-order valence-electron chi connectivity index (χ1n) is 4.83. The molecular formula is C12H13ClN2.